The Balaban J connectivity index is 1.61. The molecule has 3 aromatic carbocycles. The largest absolute Gasteiger partial charge is 0.497 e. The summed E-state index contributed by atoms with van der Waals surface area (Å²) in [6.45, 7) is 0. The van der Waals surface area contributed by atoms with E-state index in [1.807, 2.05) is 53.5 Å². The number of hydrogen-bond donors (Lipinski definition) is 0. The van der Waals surface area contributed by atoms with E-state index in [1.54, 1.807) is 28.4 Å². The second-order valence-corrected chi connectivity index (χ2v) is 7.85. The molecule has 0 aliphatic carbocycles. The predicted molar refractivity (Wildman–Crippen MR) is 125 cm³/mol. The molecule has 2 heterocycles. The molecule has 0 aromatic heterocycles. The van der Waals surface area contributed by atoms with Gasteiger partial charge in [-0.05, 0) is 30.3 Å². The molecule has 2 aliphatic rings. The molecule has 5 rings (SSSR count). The Morgan fingerprint density at radius 2 is 1.61 bits per heavy atom. The maximum atomic E-state index is 6.48. The van der Waals surface area contributed by atoms with Gasteiger partial charge in [0.15, 0.2) is 11.5 Å². The van der Waals surface area contributed by atoms with E-state index in [9.17, 15) is 0 Å². The summed E-state index contributed by atoms with van der Waals surface area (Å²) in [4.78, 5) is 0. The molecule has 33 heavy (non-hydrogen) atoms. The van der Waals surface area contributed by atoms with Crippen LogP contribution in [-0.4, -0.2) is 39.2 Å². The molecular formula is C26H26N2O5. The van der Waals surface area contributed by atoms with Crippen LogP contribution in [0.5, 0.6) is 28.7 Å². The van der Waals surface area contributed by atoms with Gasteiger partial charge in [-0.15, -0.1) is 0 Å². The van der Waals surface area contributed by atoms with E-state index in [1.165, 1.54) is 0 Å². The highest BCUT2D eigenvalue weighted by Crippen LogP contribution is 2.49. The Kier molecular flexibility index (Phi) is 5.46. The van der Waals surface area contributed by atoms with Gasteiger partial charge in [-0.25, -0.2) is 5.01 Å². The summed E-state index contributed by atoms with van der Waals surface area (Å²) in [7, 11) is 6.48. The van der Waals surface area contributed by atoms with Crippen LogP contribution in [0, 0.1) is 0 Å². The number of fused-ring (bicyclic) bond motifs is 3. The van der Waals surface area contributed by atoms with E-state index < -0.39 is 6.23 Å². The number of hydrazone groups is 1. The lowest BCUT2D eigenvalue weighted by atomic mass is 9.96. The third-order valence-electron chi connectivity index (χ3n) is 6.07. The van der Waals surface area contributed by atoms with Crippen molar-refractivity contribution in [3.63, 3.8) is 0 Å². The number of para-hydroxylation sites is 1. The number of benzene rings is 3. The van der Waals surface area contributed by atoms with Gasteiger partial charge in [-0.3, -0.25) is 0 Å². The Morgan fingerprint density at radius 3 is 2.30 bits per heavy atom. The van der Waals surface area contributed by atoms with Gasteiger partial charge in [0.1, 0.15) is 11.5 Å². The second-order valence-electron chi connectivity index (χ2n) is 7.85. The van der Waals surface area contributed by atoms with Gasteiger partial charge in [0, 0.05) is 23.1 Å². The maximum absolute atomic E-state index is 6.48. The highest BCUT2D eigenvalue weighted by molar-refractivity contribution is 6.02. The van der Waals surface area contributed by atoms with Crippen LogP contribution in [-0.2, 0) is 0 Å². The van der Waals surface area contributed by atoms with Crippen molar-refractivity contribution in [2.24, 2.45) is 5.10 Å². The van der Waals surface area contributed by atoms with Crippen LogP contribution in [0.1, 0.15) is 35.4 Å². The first kappa shape index (κ1) is 21.0. The summed E-state index contributed by atoms with van der Waals surface area (Å²) < 4.78 is 28.5. The van der Waals surface area contributed by atoms with Crippen LogP contribution in [0.15, 0.2) is 65.8 Å². The van der Waals surface area contributed by atoms with Gasteiger partial charge in [0.25, 0.3) is 0 Å². The van der Waals surface area contributed by atoms with Crippen molar-refractivity contribution >= 4 is 5.71 Å². The van der Waals surface area contributed by atoms with E-state index in [0.717, 1.165) is 40.3 Å². The topological polar surface area (TPSA) is 61.8 Å². The Hall–Kier alpha value is -3.87. The number of methoxy groups -OCH3 is 4. The molecule has 2 aliphatic heterocycles. The van der Waals surface area contributed by atoms with Crippen LogP contribution in [0.4, 0.5) is 0 Å². The van der Waals surface area contributed by atoms with E-state index in [4.69, 9.17) is 28.8 Å². The average Bonchev–Trinajstić information content (AvgIpc) is 3.33. The molecule has 0 saturated heterocycles. The molecule has 0 N–H and O–H groups in total. The van der Waals surface area contributed by atoms with Crippen molar-refractivity contribution < 1.29 is 23.7 Å². The van der Waals surface area contributed by atoms with Crippen molar-refractivity contribution in [3.05, 3.63) is 77.4 Å². The van der Waals surface area contributed by atoms with Gasteiger partial charge in [-0.2, -0.15) is 5.10 Å². The van der Waals surface area contributed by atoms with Crippen molar-refractivity contribution in [2.45, 2.75) is 18.7 Å². The number of ether oxygens (including phenoxy) is 5. The zero-order valence-electron chi connectivity index (χ0n) is 19.1. The molecule has 7 heteroatoms. The first-order valence-corrected chi connectivity index (χ1v) is 10.7. The zero-order valence-corrected chi connectivity index (χ0v) is 19.1. The minimum atomic E-state index is -0.457. The SMILES string of the molecule is COc1cccc(C2=NN3C(C2)c2ccccc2OC3c2cc(OC)c(OC)c(OC)c2)c1. The van der Waals surface area contributed by atoms with E-state index in [-0.39, 0.29) is 6.04 Å². The summed E-state index contributed by atoms with van der Waals surface area (Å²) >= 11 is 0. The summed E-state index contributed by atoms with van der Waals surface area (Å²) in [5.74, 6) is 3.33. The standard InChI is InChI=1S/C26H26N2O5/c1-29-18-9-7-8-16(12-18)20-15-21-19-10-5-6-11-22(19)33-26(28(21)27-20)17-13-23(30-2)25(32-4)24(14-17)31-3/h5-14,21,26H,15H2,1-4H3. The van der Waals surface area contributed by atoms with Crippen molar-refractivity contribution in [1.29, 1.82) is 0 Å². The molecule has 0 amide bonds. The lowest BCUT2D eigenvalue weighted by molar-refractivity contribution is -0.0192. The normalized spacial score (nSPS) is 18.5. The van der Waals surface area contributed by atoms with E-state index in [0.29, 0.717) is 17.2 Å². The quantitative estimate of drug-likeness (QED) is 0.533. The monoisotopic (exact) mass is 446 g/mol. The third kappa shape index (κ3) is 3.59. The van der Waals surface area contributed by atoms with E-state index in [2.05, 4.69) is 12.1 Å². The van der Waals surface area contributed by atoms with Crippen LogP contribution < -0.4 is 23.7 Å². The fourth-order valence-electron chi connectivity index (χ4n) is 4.48. The van der Waals surface area contributed by atoms with Crippen LogP contribution in [0.2, 0.25) is 0 Å². The summed E-state index contributed by atoms with van der Waals surface area (Å²) in [6, 6.07) is 20.0. The van der Waals surface area contributed by atoms with Crippen molar-refractivity contribution in [2.75, 3.05) is 28.4 Å². The fraction of sp³-hybridized carbons (Fsp3) is 0.269. The minimum Gasteiger partial charge on any atom is -0.497 e. The lowest BCUT2D eigenvalue weighted by Gasteiger charge is -2.38. The lowest BCUT2D eigenvalue weighted by Crippen LogP contribution is -2.33. The molecule has 0 spiro atoms. The van der Waals surface area contributed by atoms with Crippen LogP contribution in [0.25, 0.3) is 0 Å². The Labute approximate surface area is 193 Å². The maximum Gasteiger partial charge on any atom is 0.214 e. The minimum absolute atomic E-state index is 0.0419. The molecule has 2 unspecified atom stereocenters. The summed E-state index contributed by atoms with van der Waals surface area (Å²) in [6.07, 6.45) is 0.302. The summed E-state index contributed by atoms with van der Waals surface area (Å²) in [5.41, 5.74) is 3.99. The molecule has 0 saturated carbocycles. The molecule has 170 valence electrons. The third-order valence-corrected chi connectivity index (χ3v) is 6.07. The van der Waals surface area contributed by atoms with Gasteiger partial charge < -0.3 is 23.7 Å². The first-order chi connectivity index (χ1) is 16.2. The molecule has 0 bridgehead atoms. The number of hydrogen-bond acceptors (Lipinski definition) is 7. The van der Waals surface area contributed by atoms with Gasteiger partial charge in [0.05, 0.1) is 40.2 Å². The zero-order chi connectivity index (χ0) is 22.9. The molecule has 0 radical (unpaired) electrons. The highest BCUT2D eigenvalue weighted by atomic mass is 16.5. The first-order valence-electron chi connectivity index (χ1n) is 10.7. The van der Waals surface area contributed by atoms with Crippen LogP contribution >= 0.6 is 0 Å². The number of rotatable bonds is 6. The van der Waals surface area contributed by atoms with Gasteiger partial charge >= 0.3 is 0 Å². The molecule has 7 nitrogen and oxygen atoms in total. The molecular weight excluding hydrogens is 420 g/mol. The van der Waals surface area contributed by atoms with Gasteiger partial charge in [0.2, 0.25) is 12.0 Å². The average molecular weight is 447 g/mol. The highest BCUT2D eigenvalue weighted by Gasteiger charge is 2.41. The molecule has 0 fully saturated rings. The number of nitrogens with zero attached hydrogens (tertiary/aromatic N) is 2. The smallest absolute Gasteiger partial charge is 0.214 e. The predicted octanol–water partition coefficient (Wildman–Crippen LogP) is 4.96. The molecule has 2 atom stereocenters. The van der Waals surface area contributed by atoms with Crippen molar-refractivity contribution in [3.8, 4) is 28.7 Å². The van der Waals surface area contributed by atoms with E-state index >= 15 is 0 Å². The Bertz CT molecular complexity index is 1180. The summed E-state index contributed by atoms with van der Waals surface area (Å²) in [5, 5.41) is 7.05. The second kappa shape index (κ2) is 8.58. The Morgan fingerprint density at radius 1 is 0.848 bits per heavy atom. The van der Waals surface area contributed by atoms with Gasteiger partial charge in [-0.1, -0.05) is 30.3 Å². The molecule has 3 aromatic rings. The van der Waals surface area contributed by atoms with Crippen LogP contribution in [0.3, 0.4) is 0 Å². The van der Waals surface area contributed by atoms with Crippen molar-refractivity contribution in [1.82, 2.24) is 5.01 Å². The fourth-order valence-corrected chi connectivity index (χ4v) is 4.48.